The van der Waals surface area contributed by atoms with Crippen LogP contribution in [0, 0.1) is 24.2 Å². The van der Waals surface area contributed by atoms with Gasteiger partial charge in [-0.3, -0.25) is 0 Å². The predicted molar refractivity (Wildman–Crippen MR) is 93.4 cm³/mol. The van der Waals surface area contributed by atoms with E-state index < -0.39 is 17.0 Å². The summed E-state index contributed by atoms with van der Waals surface area (Å²) in [6.07, 6.45) is 2.69. The van der Waals surface area contributed by atoms with E-state index in [1.165, 1.54) is 0 Å². The first kappa shape index (κ1) is 19.1. The minimum atomic E-state index is -1.42. The van der Waals surface area contributed by atoms with Crippen molar-refractivity contribution >= 4 is 11.0 Å². The van der Waals surface area contributed by atoms with Crippen molar-refractivity contribution in [3.63, 3.8) is 0 Å². The van der Waals surface area contributed by atoms with Gasteiger partial charge in [0.1, 0.15) is 17.0 Å². The molecule has 1 aromatic rings. The van der Waals surface area contributed by atoms with Gasteiger partial charge in [0.15, 0.2) is 6.29 Å². The van der Waals surface area contributed by atoms with Crippen LogP contribution in [0.4, 0.5) is 0 Å². The molecule has 24 heavy (non-hydrogen) atoms. The highest BCUT2D eigenvalue weighted by atomic mass is 32.2. The number of nitrogens with one attached hydrogen (secondary N) is 1. The van der Waals surface area contributed by atoms with Gasteiger partial charge in [0.25, 0.3) is 0 Å². The fourth-order valence-electron chi connectivity index (χ4n) is 2.55. The third kappa shape index (κ3) is 5.38. The molecule has 5 atom stereocenters. The molecule has 132 valence electrons. The van der Waals surface area contributed by atoms with Crippen molar-refractivity contribution in [3.05, 3.63) is 29.8 Å². The molecular weight excluding hydrogens is 324 g/mol. The van der Waals surface area contributed by atoms with Crippen LogP contribution in [0.5, 0.6) is 0 Å². The number of aryl methyl sites for hydroxylation is 1. The molecule has 1 fully saturated rings. The molecule has 0 amide bonds. The van der Waals surface area contributed by atoms with Gasteiger partial charge < -0.3 is 9.47 Å². The van der Waals surface area contributed by atoms with E-state index in [1.807, 2.05) is 45.0 Å². The van der Waals surface area contributed by atoms with Crippen LogP contribution in [0.25, 0.3) is 0 Å². The van der Waals surface area contributed by atoms with Gasteiger partial charge in [0.2, 0.25) is 0 Å². The molecule has 0 spiro atoms. The summed E-state index contributed by atoms with van der Waals surface area (Å²) in [6, 6.07) is 9.09. The smallest absolute Gasteiger partial charge is 0.157 e. The summed E-state index contributed by atoms with van der Waals surface area (Å²) in [7, 11) is -1.42. The maximum atomic E-state index is 12.4. The van der Waals surface area contributed by atoms with E-state index in [4.69, 9.17) is 9.47 Å². The van der Waals surface area contributed by atoms with Crippen LogP contribution >= 0.6 is 0 Å². The number of hydrogen-bond acceptors (Lipinski definition) is 4. The molecule has 2 unspecified atom stereocenters. The first-order valence-electron chi connectivity index (χ1n) is 8.42. The summed E-state index contributed by atoms with van der Waals surface area (Å²) >= 11 is 0. The largest absolute Gasteiger partial charge is 0.353 e. The van der Waals surface area contributed by atoms with Gasteiger partial charge in [-0.2, -0.15) is 5.26 Å². The lowest BCUT2D eigenvalue weighted by Gasteiger charge is -2.30. The molecule has 1 aromatic carbocycles. The quantitative estimate of drug-likeness (QED) is 0.820. The lowest BCUT2D eigenvalue weighted by molar-refractivity contribution is -0.193. The van der Waals surface area contributed by atoms with Crippen LogP contribution in [-0.2, 0) is 20.5 Å². The van der Waals surface area contributed by atoms with Gasteiger partial charge in [-0.15, -0.1) is 0 Å². The standard InChI is InChI=1S/C18H26N2O3S/c1-13-7-9-16(10-8-13)24(21)20-17(12-19)14(2)15(3)23-18-6-4-5-11-22-18/h7-10,14-15,17-18,20H,4-6,11H2,1-3H3/t14-,15-,17+,18?,24?/m0/s1. The van der Waals surface area contributed by atoms with Gasteiger partial charge in [-0.25, -0.2) is 8.93 Å². The molecule has 1 heterocycles. The molecule has 1 N–H and O–H groups in total. The molecule has 0 saturated carbocycles. The van der Waals surface area contributed by atoms with E-state index in [1.54, 1.807) is 0 Å². The van der Waals surface area contributed by atoms with Crippen molar-refractivity contribution in [2.24, 2.45) is 5.92 Å². The minimum absolute atomic E-state index is 0.116. The third-order valence-corrected chi connectivity index (χ3v) is 5.55. The first-order valence-corrected chi connectivity index (χ1v) is 9.57. The Balaban J connectivity index is 1.92. The van der Waals surface area contributed by atoms with Gasteiger partial charge in [0.05, 0.1) is 17.1 Å². The van der Waals surface area contributed by atoms with Gasteiger partial charge in [-0.1, -0.05) is 24.6 Å². The number of rotatable bonds is 7. The minimum Gasteiger partial charge on any atom is -0.353 e. The van der Waals surface area contributed by atoms with E-state index >= 15 is 0 Å². The molecule has 1 saturated heterocycles. The van der Waals surface area contributed by atoms with Crippen LogP contribution < -0.4 is 4.72 Å². The Morgan fingerprint density at radius 3 is 2.62 bits per heavy atom. The molecule has 0 aromatic heterocycles. The Labute approximate surface area is 146 Å². The van der Waals surface area contributed by atoms with Crippen molar-refractivity contribution in [3.8, 4) is 6.07 Å². The molecule has 6 heteroatoms. The van der Waals surface area contributed by atoms with E-state index in [-0.39, 0.29) is 18.3 Å². The van der Waals surface area contributed by atoms with Gasteiger partial charge in [-0.05, 0) is 45.2 Å². The topological polar surface area (TPSA) is 71.4 Å². The Morgan fingerprint density at radius 2 is 2.04 bits per heavy atom. The fourth-order valence-corrected chi connectivity index (χ4v) is 3.57. The summed E-state index contributed by atoms with van der Waals surface area (Å²) < 4.78 is 26.9. The average molecular weight is 350 g/mol. The van der Waals surface area contributed by atoms with Crippen LogP contribution in [0.1, 0.15) is 38.7 Å². The summed E-state index contributed by atoms with van der Waals surface area (Å²) in [5, 5.41) is 9.46. The van der Waals surface area contributed by atoms with Gasteiger partial charge in [0, 0.05) is 12.5 Å². The molecule has 5 nitrogen and oxygen atoms in total. The van der Waals surface area contributed by atoms with Crippen LogP contribution in [0.2, 0.25) is 0 Å². The number of nitrogens with zero attached hydrogens (tertiary/aromatic N) is 1. The predicted octanol–water partition coefficient (Wildman–Crippen LogP) is 3.07. The molecule has 1 aliphatic rings. The Bertz CT molecular complexity index is 579. The van der Waals surface area contributed by atoms with E-state index in [0.29, 0.717) is 4.90 Å². The Hall–Kier alpha value is -1.26. The summed E-state index contributed by atoms with van der Waals surface area (Å²) in [6.45, 7) is 6.57. The zero-order chi connectivity index (χ0) is 17.5. The van der Waals surface area contributed by atoms with Crippen molar-refractivity contribution in [1.29, 1.82) is 5.26 Å². The molecule has 2 rings (SSSR count). The van der Waals surface area contributed by atoms with Crippen molar-refractivity contribution in [1.82, 2.24) is 4.72 Å². The van der Waals surface area contributed by atoms with E-state index in [9.17, 15) is 9.47 Å². The second-order valence-electron chi connectivity index (χ2n) is 6.30. The molecule has 1 aliphatic heterocycles. The molecular formula is C18H26N2O3S. The van der Waals surface area contributed by atoms with Crippen molar-refractivity contribution in [2.75, 3.05) is 6.61 Å². The van der Waals surface area contributed by atoms with Gasteiger partial charge >= 0.3 is 0 Å². The fraction of sp³-hybridized carbons (Fsp3) is 0.611. The normalized spacial score (nSPS) is 23.0. The second kappa shape index (κ2) is 9.28. The molecule has 0 bridgehead atoms. The lowest BCUT2D eigenvalue weighted by atomic mass is 9.98. The van der Waals surface area contributed by atoms with E-state index in [2.05, 4.69) is 10.8 Å². The number of hydrogen-bond donors (Lipinski definition) is 1. The highest BCUT2D eigenvalue weighted by molar-refractivity contribution is 7.83. The number of ether oxygens (including phenoxy) is 2. The average Bonchev–Trinajstić information content (AvgIpc) is 2.60. The lowest BCUT2D eigenvalue weighted by Crippen LogP contribution is -2.42. The second-order valence-corrected chi connectivity index (χ2v) is 7.55. The number of benzene rings is 1. The van der Waals surface area contributed by atoms with Crippen LogP contribution in [0.3, 0.4) is 0 Å². The highest BCUT2D eigenvalue weighted by Crippen LogP contribution is 2.20. The first-order chi connectivity index (χ1) is 11.5. The molecule has 0 aliphatic carbocycles. The zero-order valence-corrected chi connectivity index (χ0v) is 15.3. The number of nitriles is 1. The van der Waals surface area contributed by atoms with Crippen molar-refractivity contribution < 1.29 is 13.7 Å². The Morgan fingerprint density at radius 1 is 1.33 bits per heavy atom. The maximum absolute atomic E-state index is 12.4. The van der Waals surface area contributed by atoms with Crippen LogP contribution in [-0.4, -0.2) is 29.3 Å². The zero-order valence-electron chi connectivity index (χ0n) is 14.5. The van der Waals surface area contributed by atoms with Crippen molar-refractivity contribution in [2.45, 2.75) is 63.4 Å². The summed E-state index contributed by atoms with van der Waals surface area (Å²) in [5.41, 5.74) is 1.11. The third-order valence-electron chi connectivity index (χ3n) is 4.38. The highest BCUT2D eigenvalue weighted by Gasteiger charge is 2.28. The Kier molecular flexibility index (Phi) is 7.38. The summed E-state index contributed by atoms with van der Waals surface area (Å²) in [4.78, 5) is 0.664. The van der Waals surface area contributed by atoms with Crippen LogP contribution in [0.15, 0.2) is 29.2 Å². The molecule has 0 radical (unpaired) electrons. The van der Waals surface area contributed by atoms with E-state index in [0.717, 1.165) is 31.4 Å². The SMILES string of the molecule is Cc1ccc(S(=O)N[C@H](C#N)[C@@H](C)[C@H](C)OC2CCCCO2)cc1. The summed E-state index contributed by atoms with van der Waals surface area (Å²) in [5.74, 6) is -0.116. The monoisotopic (exact) mass is 350 g/mol. The maximum Gasteiger partial charge on any atom is 0.157 e.